The summed E-state index contributed by atoms with van der Waals surface area (Å²) in [6.07, 6.45) is 0. The van der Waals surface area contributed by atoms with E-state index < -0.39 is 23.2 Å². The van der Waals surface area contributed by atoms with Crippen LogP contribution in [0.3, 0.4) is 0 Å². The maximum absolute atomic E-state index is 12.7. The molecule has 154 valence electrons. The number of amides is 3. The van der Waals surface area contributed by atoms with Gasteiger partial charge in [0.15, 0.2) is 10.8 Å². The normalized spacial score (nSPS) is 18.6. The van der Waals surface area contributed by atoms with Crippen LogP contribution in [0.2, 0.25) is 0 Å². The Balaban J connectivity index is 1.69. The van der Waals surface area contributed by atoms with E-state index in [-0.39, 0.29) is 28.3 Å². The Morgan fingerprint density at radius 3 is 2.93 bits per heavy atom. The molecule has 2 atom stereocenters. The number of hydrogen-bond donors (Lipinski definition) is 3. The number of nitrogens with zero attached hydrogens (tertiary/aromatic N) is 6. The van der Waals surface area contributed by atoms with E-state index in [1.807, 2.05) is 0 Å². The number of thiazole rings is 1. The van der Waals surface area contributed by atoms with Crippen molar-refractivity contribution >= 4 is 63.3 Å². The lowest BCUT2D eigenvalue weighted by Crippen LogP contribution is -2.68. The summed E-state index contributed by atoms with van der Waals surface area (Å²) < 4.78 is 1.44. The SMILES string of the molecule is CO/N=C(\C(=O)N[C@@H]1C(=O)N[C@H]1Sc1nnnn1C)c1csc(NC(=O)CCl)n1. The maximum atomic E-state index is 12.7. The molecule has 2 aromatic rings. The van der Waals surface area contributed by atoms with Crippen molar-refractivity contribution in [1.82, 2.24) is 35.8 Å². The second kappa shape index (κ2) is 9.15. The first-order valence-corrected chi connectivity index (χ1v) is 10.2. The minimum atomic E-state index is -0.833. The number of aromatic nitrogens is 5. The lowest BCUT2D eigenvalue weighted by molar-refractivity contribution is -0.132. The summed E-state index contributed by atoms with van der Waals surface area (Å²) in [4.78, 5) is 44.8. The van der Waals surface area contributed by atoms with Crippen LogP contribution in [0.15, 0.2) is 15.7 Å². The first-order chi connectivity index (χ1) is 13.9. The van der Waals surface area contributed by atoms with Gasteiger partial charge in [-0.3, -0.25) is 14.4 Å². The van der Waals surface area contributed by atoms with E-state index in [0.717, 1.165) is 11.3 Å². The topological polar surface area (TPSA) is 165 Å². The molecule has 0 aliphatic carbocycles. The molecule has 3 amide bonds. The molecule has 1 aliphatic rings. The monoisotopic (exact) mass is 459 g/mol. The fourth-order valence-electron chi connectivity index (χ4n) is 2.13. The van der Waals surface area contributed by atoms with Gasteiger partial charge in [-0.05, 0) is 10.4 Å². The highest BCUT2D eigenvalue weighted by Gasteiger charge is 2.43. The number of carbonyl (C=O) groups excluding carboxylic acids is 3. The molecule has 16 heteroatoms. The third kappa shape index (κ3) is 4.80. The van der Waals surface area contributed by atoms with Crippen LogP contribution in [0, 0.1) is 0 Å². The summed E-state index contributed by atoms with van der Waals surface area (Å²) in [5, 5.41) is 24.2. The number of nitrogens with one attached hydrogen (secondary N) is 3. The van der Waals surface area contributed by atoms with Crippen LogP contribution in [-0.4, -0.2) is 73.0 Å². The van der Waals surface area contributed by atoms with Gasteiger partial charge in [-0.25, -0.2) is 9.67 Å². The molecule has 0 saturated carbocycles. The molecule has 1 aliphatic heterocycles. The van der Waals surface area contributed by atoms with Crippen molar-refractivity contribution in [2.45, 2.75) is 16.6 Å². The number of oxime groups is 1. The second-order valence-electron chi connectivity index (χ2n) is 5.43. The maximum Gasteiger partial charge on any atom is 0.276 e. The van der Waals surface area contributed by atoms with Crippen molar-refractivity contribution in [3.8, 4) is 0 Å². The lowest BCUT2D eigenvalue weighted by atomic mass is 10.1. The lowest BCUT2D eigenvalue weighted by Gasteiger charge is -2.35. The van der Waals surface area contributed by atoms with E-state index in [1.165, 1.54) is 28.9 Å². The number of tetrazole rings is 1. The predicted molar refractivity (Wildman–Crippen MR) is 104 cm³/mol. The number of carbonyl (C=O) groups is 3. The zero-order valence-corrected chi connectivity index (χ0v) is 17.3. The first-order valence-electron chi connectivity index (χ1n) is 7.86. The van der Waals surface area contributed by atoms with Crippen LogP contribution in [0.4, 0.5) is 5.13 Å². The zero-order valence-electron chi connectivity index (χ0n) is 14.9. The number of aryl methyl sites for hydroxylation is 1. The molecular formula is C13H14ClN9O4S2. The molecule has 0 aromatic carbocycles. The summed E-state index contributed by atoms with van der Waals surface area (Å²) in [6.45, 7) is 0. The number of alkyl halides is 1. The Bertz CT molecular complexity index is 962. The number of β-lactam (4-membered cyclic amide) rings is 1. The van der Waals surface area contributed by atoms with Crippen LogP contribution in [-0.2, 0) is 26.3 Å². The van der Waals surface area contributed by atoms with Gasteiger partial charge in [0.25, 0.3) is 5.91 Å². The zero-order chi connectivity index (χ0) is 21.0. The van der Waals surface area contributed by atoms with Crippen molar-refractivity contribution in [3.05, 3.63) is 11.1 Å². The van der Waals surface area contributed by atoms with Crippen LogP contribution in [0.1, 0.15) is 5.69 Å². The molecule has 2 aromatic heterocycles. The second-order valence-corrected chi connectivity index (χ2v) is 7.66. The third-order valence-electron chi connectivity index (χ3n) is 3.48. The van der Waals surface area contributed by atoms with E-state index in [1.54, 1.807) is 7.05 Å². The first kappa shape index (κ1) is 20.9. The molecule has 0 spiro atoms. The van der Waals surface area contributed by atoms with Gasteiger partial charge in [0.1, 0.15) is 30.1 Å². The van der Waals surface area contributed by atoms with Crippen molar-refractivity contribution in [2.75, 3.05) is 18.3 Å². The molecule has 0 unspecified atom stereocenters. The molecular weight excluding hydrogens is 446 g/mol. The van der Waals surface area contributed by atoms with Crippen LogP contribution >= 0.6 is 34.7 Å². The van der Waals surface area contributed by atoms with Gasteiger partial charge in [0.2, 0.25) is 17.0 Å². The van der Waals surface area contributed by atoms with Gasteiger partial charge in [-0.15, -0.1) is 28.0 Å². The number of thioether (sulfide) groups is 1. The highest BCUT2D eigenvalue weighted by Crippen LogP contribution is 2.26. The molecule has 29 heavy (non-hydrogen) atoms. The highest BCUT2D eigenvalue weighted by molar-refractivity contribution is 7.99. The Hall–Kier alpha value is -2.78. The number of halogens is 1. The molecule has 0 bridgehead atoms. The largest absolute Gasteiger partial charge is 0.398 e. The van der Waals surface area contributed by atoms with Gasteiger partial charge < -0.3 is 20.8 Å². The smallest absolute Gasteiger partial charge is 0.276 e. The molecule has 0 radical (unpaired) electrons. The summed E-state index contributed by atoms with van der Waals surface area (Å²) in [5.41, 5.74) is 0.0135. The van der Waals surface area contributed by atoms with Gasteiger partial charge >= 0.3 is 0 Å². The summed E-state index contributed by atoms with van der Waals surface area (Å²) >= 11 is 7.71. The summed E-state index contributed by atoms with van der Waals surface area (Å²) in [6, 6.07) is -0.833. The fourth-order valence-corrected chi connectivity index (χ4v) is 3.91. The van der Waals surface area contributed by atoms with E-state index in [9.17, 15) is 14.4 Å². The van der Waals surface area contributed by atoms with Gasteiger partial charge in [-0.2, -0.15) is 0 Å². The van der Waals surface area contributed by atoms with Gasteiger partial charge in [-0.1, -0.05) is 16.9 Å². The van der Waals surface area contributed by atoms with Crippen LogP contribution in [0.25, 0.3) is 0 Å². The summed E-state index contributed by atoms with van der Waals surface area (Å²) in [5.74, 6) is -1.71. The highest BCUT2D eigenvalue weighted by atomic mass is 35.5. The van der Waals surface area contributed by atoms with E-state index >= 15 is 0 Å². The van der Waals surface area contributed by atoms with Crippen molar-refractivity contribution in [1.29, 1.82) is 0 Å². The van der Waals surface area contributed by atoms with Crippen molar-refractivity contribution in [2.24, 2.45) is 12.2 Å². The predicted octanol–water partition coefficient (Wildman–Crippen LogP) is -1.07. The Morgan fingerprint density at radius 2 is 2.31 bits per heavy atom. The van der Waals surface area contributed by atoms with E-state index in [0.29, 0.717) is 5.16 Å². The average Bonchev–Trinajstić information content (AvgIpc) is 3.32. The minimum Gasteiger partial charge on any atom is -0.398 e. The standard InChI is InChI=1S/C13H14ClN9O4S2/c1-23-13(19-21-22-23)29-11-8(10(26)18-11)17-9(25)7(20-27-2)5-4-28-12(15-5)16-6(24)3-14/h4,8,11H,3H2,1-2H3,(H,17,25)(H,18,26)(H,15,16,24)/b20-7-/t8-,11+/m1/s1. The van der Waals surface area contributed by atoms with Crippen molar-refractivity contribution < 1.29 is 19.2 Å². The molecule has 1 fully saturated rings. The molecule has 3 heterocycles. The average molecular weight is 460 g/mol. The van der Waals surface area contributed by atoms with Gasteiger partial charge in [0, 0.05) is 12.4 Å². The third-order valence-corrected chi connectivity index (χ3v) is 5.68. The molecule has 3 rings (SSSR count). The fraction of sp³-hybridized carbons (Fsp3) is 0.385. The van der Waals surface area contributed by atoms with Crippen LogP contribution < -0.4 is 16.0 Å². The minimum absolute atomic E-state index is 0.154. The molecule has 1 saturated heterocycles. The number of hydrogen-bond acceptors (Lipinski definition) is 11. The quantitative estimate of drug-likeness (QED) is 0.193. The summed E-state index contributed by atoms with van der Waals surface area (Å²) in [7, 11) is 2.92. The molecule has 13 nitrogen and oxygen atoms in total. The molecule has 3 N–H and O–H groups in total. The van der Waals surface area contributed by atoms with Crippen molar-refractivity contribution in [3.63, 3.8) is 0 Å². The number of anilines is 1. The van der Waals surface area contributed by atoms with E-state index in [2.05, 4.69) is 41.6 Å². The Kier molecular flexibility index (Phi) is 6.60. The Labute approximate surface area is 176 Å². The number of rotatable bonds is 8. The van der Waals surface area contributed by atoms with E-state index in [4.69, 9.17) is 16.4 Å². The Morgan fingerprint density at radius 1 is 1.52 bits per heavy atom. The van der Waals surface area contributed by atoms with Crippen LogP contribution in [0.5, 0.6) is 0 Å². The van der Waals surface area contributed by atoms with Gasteiger partial charge in [0.05, 0.1) is 0 Å².